The van der Waals surface area contributed by atoms with E-state index in [4.69, 9.17) is 4.74 Å². The van der Waals surface area contributed by atoms with Gasteiger partial charge >= 0.3 is 0 Å². The van der Waals surface area contributed by atoms with Crippen molar-refractivity contribution in [1.29, 1.82) is 0 Å². The van der Waals surface area contributed by atoms with Gasteiger partial charge in [0.1, 0.15) is 0 Å². The molecule has 4 heteroatoms. The zero-order valence-corrected chi connectivity index (χ0v) is 12.3. The molecule has 0 aliphatic heterocycles. The molecule has 1 aliphatic carbocycles. The molecule has 2 rings (SSSR count). The first kappa shape index (κ1) is 14.9. The average Bonchev–Trinajstić information content (AvgIpc) is 3.30. The van der Waals surface area contributed by atoms with E-state index in [0.717, 1.165) is 38.6 Å². The minimum Gasteiger partial charge on any atom is -0.381 e. The summed E-state index contributed by atoms with van der Waals surface area (Å²) in [5.41, 5.74) is 1.33. The van der Waals surface area contributed by atoms with E-state index >= 15 is 0 Å². The molecule has 1 fully saturated rings. The van der Waals surface area contributed by atoms with Gasteiger partial charge in [0, 0.05) is 26.2 Å². The number of guanidine groups is 1. The van der Waals surface area contributed by atoms with Crippen LogP contribution in [0.3, 0.4) is 0 Å². The SMILES string of the molecule is CN=C(NCCCOCCc1ccccc1)NC1CC1. The summed E-state index contributed by atoms with van der Waals surface area (Å²) in [7, 11) is 1.81. The second-order valence-electron chi connectivity index (χ2n) is 5.12. The Hall–Kier alpha value is -1.55. The summed E-state index contributed by atoms with van der Waals surface area (Å²) in [5.74, 6) is 0.914. The zero-order valence-electron chi connectivity index (χ0n) is 12.3. The molecular formula is C16H25N3O. The van der Waals surface area contributed by atoms with E-state index in [1.165, 1.54) is 18.4 Å². The van der Waals surface area contributed by atoms with Crippen molar-refractivity contribution in [2.45, 2.75) is 31.7 Å². The predicted octanol–water partition coefficient (Wildman–Crippen LogP) is 1.96. The monoisotopic (exact) mass is 275 g/mol. The maximum Gasteiger partial charge on any atom is 0.191 e. The van der Waals surface area contributed by atoms with Gasteiger partial charge in [0.25, 0.3) is 0 Å². The molecule has 2 N–H and O–H groups in total. The van der Waals surface area contributed by atoms with Crippen LogP contribution >= 0.6 is 0 Å². The lowest BCUT2D eigenvalue weighted by Crippen LogP contribution is -2.39. The molecule has 1 aliphatic rings. The molecule has 1 saturated carbocycles. The van der Waals surface area contributed by atoms with Crippen molar-refractivity contribution < 1.29 is 4.74 Å². The number of benzene rings is 1. The Balaban J connectivity index is 1.45. The van der Waals surface area contributed by atoms with Crippen LogP contribution in [0.1, 0.15) is 24.8 Å². The average molecular weight is 275 g/mol. The summed E-state index contributed by atoms with van der Waals surface area (Å²) < 4.78 is 5.65. The van der Waals surface area contributed by atoms with E-state index in [1.807, 2.05) is 13.1 Å². The molecule has 110 valence electrons. The molecule has 0 aromatic heterocycles. The van der Waals surface area contributed by atoms with Gasteiger partial charge in [-0.3, -0.25) is 4.99 Å². The highest BCUT2D eigenvalue weighted by atomic mass is 16.5. The summed E-state index contributed by atoms with van der Waals surface area (Å²) in [6.45, 7) is 2.48. The van der Waals surface area contributed by atoms with Crippen LogP contribution < -0.4 is 10.6 Å². The Morgan fingerprint density at radius 3 is 2.75 bits per heavy atom. The Labute approximate surface area is 121 Å². The minimum absolute atomic E-state index is 0.642. The lowest BCUT2D eigenvalue weighted by Gasteiger charge is -2.11. The van der Waals surface area contributed by atoms with Crippen LogP contribution in [0.5, 0.6) is 0 Å². The molecule has 20 heavy (non-hydrogen) atoms. The Morgan fingerprint density at radius 1 is 1.25 bits per heavy atom. The molecule has 4 nitrogen and oxygen atoms in total. The highest BCUT2D eigenvalue weighted by Gasteiger charge is 2.21. The van der Waals surface area contributed by atoms with Gasteiger partial charge in [0.05, 0.1) is 6.61 Å². The van der Waals surface area contributed by atoms with E-state index in [-0.39, 0.29) is 0 Å². The van der Waals surface area contributed by atoms with E-state index in [1.54, 1.807) is 0 Å². The number of ether oxygens (including phenoxy) is 1. The lowest BCUT2D eigenvalue weighted by molar-refractivity contribution is 0.135. The van der Waals surface area contributed by atoms with Crippen LogP contribution in [0.15, 0.2) is 35.3 Å². The number of nitrogens with zero attached hydrogens (tertiary/aromatic N) is 1. The predicted molar refractivity (Wildman–Crippen MR) is 83.1 cm³/mol. The molecule has 0 unspecified atom stereocenters. The molecule has 0 bridgehead atoms. The molecule has 0 saturated heterocycles. The van der Waals surface area contributed by atoms with Crippen molar-refractivity contribution in [3.63, 3.8) is 0 Å². The first-order valence-corrected chi connectivity index (χ1v) is 7.47. The first-order valence-electron chi connectivity index (χ1n) is 7.47. The lowest BCUT2D eigenvalue weighted by atomic mass is 10.2. The van der Waals surface area contributed by atoms with Crippen molar-refractivity contribution in [2.24, 2.45) is 4.99 Å². The van der Waals surface area contributed by atoms with Crippen molar-refractivity contribution in [3.8, 4) is 0 Å². The topological polar surface area (TPSA) is 45.7 Å². The summed E-state index contributed by atoms with van der Waals surface area (Å²) >= 11 is 0. The van der Waals surface area contributed by atoms with Crippen molar-refractivity contribution in [1.82, 2.24) is 10.6 Å². The van der Waals surface area contributed by atoms with E-state index in [9.17, 15) is 0 Å². The number of hydrogen-bond acceptors (Lipinski definition) is 2. The van der Waals surface area contributed by atoms with Crippen LogP contribution in [-0.4, -0.2) is 38.8 Å². The number of hydrogen-bond donors (Lipinski definition) is 2. The van der Waals surface area contributed by atoms with Gasteiger partial charge in [0.2, 0.25) is 0 Å². The van der Waals surface area contributed by atoms with E-state index in [0.29, 0.717) is 6.04 Å². The van der Waals surface area contributed by atoms with E-state index < -0.39 is 0 Å². The summed E-state index contributed by atoms with van der Waals surface area (Å²) in [5, 5.41) is 6.67. The van der Waals surface area contributed by atoms with Crippen LogP contribution in [0.25, 0.3) is 0 Å². The molecule has 0 amide bonds. The maximum atomic E-state index is 5.65. The third-order valence-corrected chi connectivity index (χ3v) is 3.28. The maximum absolute atomic E-state index is 5.65. The summed E-state index contributed by atoms with van der Waals surface area (Å²) in [6.07, 6.45) is 4.52. The van der Waals surface area contributed by atoms with Gasteiger partial charge in [0.15, 0.2) is 5.96 Å². The standard InChI is InChI=1S/C16H25N3O/c1-17-16(19-15-8-9-15)18-11-5-12-20-13-10-14-6-3-2-4-7-14/h2-4,6-7,15H,5,8-13H2,1H3,(H2,17,18,19). The molecule has 1 aromatic rings. The molecule has 1 aromatic carbocycles. The molecule has 0 atom stereocenters. The molecule has 0 spiro atoms. The van der Waals surface area contributed by atoms with Gasteiger partial charge in [-0.2, -0.15) is 0 Å². The fraction of sp³-hybridized carbons (Fsp3) is 0.562. The number of aliphatic imine (C=N–C) groups is 1. The zero-order chi connectivity index (χ0) is 14.0. The Kier molecular flexibility index (Phi) is 6.38. The second-order valence-corrected chi connectivity index (χ2v) is 5.12. The third kappa shape index (κ3) is 6.06. The number of nitrogens with one attached hydrogen (secondary N) is 2. The third-order valence-electron chi connectivity index (χ3n) is 3.28. The Morgan fingerprint density at radius 2 is 2.05 bits per heavy atom. The quantitative estimate of drug-likeness (QED) is 0.433. The van der Waals surface area contributed by atoms with Gasteiger partial charge < -0.3 is 15.4 Å². The fourth-order valence-electron chi connectivity index (χ4n) is 1.93. The molecule has 0 heterocycles. The van der Waals surface area contributed by atoms with Crippen LogP contribution in [-0.2, 0) is 11.2 Å². The largest absolute Gasteiger partial charge is 0.381 e. The smallest absolute Gasteiger partial charge is 0.191 e. The summed E-state index contributed by atoms with van der Waals surface area (Å²) in [4.78, 5) is 4.20. The van der Waals surface area contributed by atoms with Crippen molar-refractivity contribution in [3.05, 3.63) is 35.9 Å². The van der Waals surface area contributed by atoms with Gasteiger partial charge in [-0.15, -0.1) is 0 Å². The highest BCUT2D eigenvalue weighted by molar-refractivity contribution is 5.80. The second kappa shape index (κ2) is 8.59. The molecular weight excluding hydrogens is 250 g/mol. The number of rotatable bonds is 8. The van der Waals surface area contributed by atoms with Crippen LogP contribution in [0, 0.1) is 0 Å². The fourth-order valence-corrected chi connectivity index (χ4v) is 1.93. The van der Waals surface area contributed by atoms with Gasteiger partial charge in [-0.25, -0.2) is 0 Å². The summed E-state index contributed by atoms with van der Waals surface area (Å²) in [6, 6.07) is 11.1. The van der Waals surface area contributed by atoms with Crippen molar-refractivity contribution in [2.75, 3.05) is 26.8 Å². The first-order chi connectivity index (χ1) is 9.88. The normalized spacial score (nSPS) is 15.2. The highest BCUT2D eigenvalue weighted by Crippen LogP contribution is 2.18. The van der Waals surface area contributed by atoms with Crippen molar-refractivity contribution >= 4 is 5.96 Å². The Bertz CT molecular complexity index is 401. The molecule has 0 radical (unpaired) electrons. The minimum atomic E-state index is 0.642. The van der Waals surface area contributed by atoms with Crippen LogP contribution in [0.2, 0.25) is 0 Å². The van der Waals surface area contributed by atoms with Gasteiger partial charge in [-0.05, 0) is 31.2 Å². The van der Waals surface area contributed by atoms with Gasteiger partial charge in [-0.1, -0.05) is 30.3 Å². The van der Waals surface area contributed by atoms with E-state index in [2.05, 4.69) is 39.9 Å². The van der Waals surface area contributed by atoms with Crippen LogP contribution in [0.4, 0.5) is 0 Å².